The van der Waals surface area contributed by atoms with Crippen molar-refractivity contribution in [1.82, 2.24) is 19.9 Å². The summed E-state index contributed by atoms with van der Waals surface area (Å²) in [6, 6.07) is 49.6. The first kappa shape index (κ1) is 51.8. The van der Waals surface area contributed by atoms with Crippen molar-refractivity contribution in [3.05, 3.63) is 179 Å². The fraction of sp³-hybridized carbons (Fsp3) is 0.353. The number of hydrogen-bond donors (Lipinski definition) is 0. The maximum atomic E-state index is 5.12. The van der Waals surface area contributed by atoms with Gasteiger partial charge in [-0.15, -0.1) is 0 Å². The third kappa shape index (κ3) is 12.9. The molecule has 0 unspecified atom stereocenters. The van der Waals surface area contributed by atoms with Crippen molar-refractivity contribution in [2.45, 2.75) is 158 Å². The quantitative estimate of drug-likeness (QED) is 0.0566. The summed E-state index contributed by atoms with van der Waals surface area (Å²) in [6.07, 6.45) is 22.5. The van der Waals surface area contributed by atoms with Crippen molar-refractivity contribution in [3.63, 3.8) is 0 Å². The summed E-state index contributed by atoms with van der Waals surface area (Å²) in [4.78, 5) is 20.5. The summed E-state index contributed by atoms with van der Waals surface area (Å²) < 4.78 is 0. The van der Waals surface area contributed by atoms with E-state index in [1.165, 1.54) is 156 Å². The van der Waals surface area contributed by atoms with Crippen LogP contribution in [0.1, 0.15) is 150 Å². The van der Waals surface area contributed by atoms with Gasteiger partial charge < -0.3 is 0 Å². The van der Waals surface area contributed by atoms with E-state index in [1.54, 1.807) is 0 Å². The molecule has 4 heteroatoms. The van der Waals surface area contributed by atoms with Gasteiger partial charge in [-0.1, -0.05) is 201 Å². The predicted molar refractivity (Wildman–Crippen MR) is 307 cm³/mol. The number of unbranched alkanes of at least 4 members (excludes halogenated alkanes) is 9. The molecule has 8 aromatic rings. The summed E-state index contributed by atoms with van der Waals surface area (Å²) in [7, 11) is 0. The van der Waals surface area contributed by atoms with Gasteiger partial charge in [0.25, 0.3) is 0 Å². The summed E-state index contributed by atoms with van der Waals surface area (Å²) >= 11 is 0. The topological polar surface area (TPSA) is 51.6 Å². The van der Waals surface area contributed by atoms with Crippen LogP contribution >= 0.6 is 0 Å². The van der Waals surface area contributed by atoms with Crippen molar-refractivity contribution in [3.8, 4) is 78.8 Å². The van der Waals surface area contributed by atoms with Gasteiger partial charge in [0.1, 0.15) is 0 Å². The van der Waals surface area contributed by atoms with Crippen LogP contribution in [0.4, 0.5) is 0 Å². The summed E-state index contributed by atoms with van der Waals surface area (Å²) in [5.74, 6) is 1.96. The third-order valence-electron chi connectivity index (χ3n) is 14.8. The molecule has 72 heavy (non-hydrogen) atoms. The molecule has 2 aromatic heterocycles. The molecule has 0 aliphatic heterocycles. The van der Waals surface area contributed by atoms with Crippen LogP contribution in [-0.2, 0) is 25.7 Å². The van der Waals surface area contributed by atoms with Gasteiger partial charge in [0, 0.05) is 28.5 Å². The van der Waals surface area contributed by atoms with Crippen molar-refractivity contribution in [2.75, 3.05) is 0 Å². The van der Waals surface area contributed by atoms with Crippen molar-refractivity contribution in [2.24, 2.45) is 0 Å². The van der Waals surface area contributed by atoms with Gasteiger partial charge in [0.05, 0.1) is 5.69 Å². The van der Waals surface area contributed by atoms with Gasteiger partial charge in [-0.05, 0) is 163 Å². The lowest BCUT2D eigenvalue weighted by Gasteiger charge is -2.24. The minimum Gasteiger partial charge on any atom is -0.255 e. The van der Waals surface area contributed by atoms with Gasteiger partial charge in [-0.3, -0.25) is 4.98 Å². The molecule has 0 bridgehead atoms. The van der Waals surface area contributed by atoms with E-state index in [0.29, 0.717) is 17.5 Å². The van der Waals surface area contributed by atoms with E-state index in [4.69, 9.17) is 19.9 Å². The lowest BCUT2D eigenvalue weighted by Crippen LogP contribution is -2.01. The van der Waals surface area contributed by atoms with Gasteiger partial charge in [-0.2, -0.15) is 0 Å². The molecule has 0 saturated carbocycles. The highest BCUT2D eigenvalue weighted by molar-refractivity contribution is 5.92. The number of rotatable bonds is 24. The van der Waals surface area contributed by atoms with Crippen LogP contribution in [0.2, 0.25) is 0 Å². The Morgan fingerprint density at radius 1 is 0.306 bits per heavy atom. The Balaban J connectivity index is 1.14. The largest absolute Gasteiger partial charge is 0.255 e. The second-order valence-electron chi connectivity index (χ2n) is 20.3. The Kier molecular flexibility index (Phi) is 18.5. The van der Waals surface area contributed by atoms with Crippen LogP contribution in [0.15, 0.2) is 140 Å². The predicted octanol–water partition coefficient (Wildman–Crippen LogP) is 19.2. The van der Waals surface area contributed by atoms with Gasteiger partial charge >= 0.3 is 0 Å². The minimum absolute atomic E-state index is 0.619. The molecule has 0 spiro atoms. The zero-order chi connectivity index (χ0) is 50.2. The number of hydrogen-bond acceptors (Lipinski definition) is 4. The molecule has 6 aromatic carbocycles. The van der Waals surface area contributed by atoms with Crippen LogP contribution in [-0.4, -0.2) is 19.9 Å². The van der Waals surface area contributed by atoms with Crippen molar-refractivity contribution < 1.29 is 0 Å². The fourth-order valence-corrected chi connectivity index (χ4v) is 10.6. The van der Waals surface area contributed by atoms with E-state index in [0.717, 1.165) is 53.6 Å². The molecule has 0 amide bonds. The number of benzene rings is 6. The Labute approximate surface area is 432 Å². The van der Waals surface area contributed by atoms with E-state index < -0.39 is 0 Å². The SMILES string of the molecule is CCCCCCc1ccc(-c2nc(-c3ccc(CCCCCC)cc3)nc(-c3ccc(-c4cccc(-c5c(C)c(-c6ccc(CCCC)cc6)c(C)c(-c6ccc(CCCCC)cc6)c5C)c4)nc3)n2)cc1. The maximum Gasteiger partial charge on any atom is 0.165 e. The highest BCUT2D eigenvalue weighted by atomic mass is 15.0. The first-order chi connectivity index (χ1) is 35.3. The highest BCUT2D eigenvalue weighted by Crippen LogP contribution is 2.44. The number of aryl methyl sites for hydroxylation is 4. The Hall–Kier alpha value is -6.52. The zero-order valence-corrected chi connectivity index (χ0v) is 44.6. The van der Waals surface area contributed by atoms with Crippen LogP contribution in [0.25, 0.3) is 78.8 Å². The molecule has 0 saturated heterocycles. The smallest absolute Gasteiger partial charge is 0.165 e. The molecule has 0 radical (unpaired) electrons. The molecule has 8 rings (SSSR count). The Morgan fingerprint density at radius 2 is 0.653 bits per heavy atom. The maximum absolute atomic E-state index is 5.12. The molecule has 4 nitrogen and oxygen atoms in total. The average Bonchev–Trinajstić information content (AvgIpc) is 3.42. The van der Waals surface area contributed by atoms with Gasteiger partial charge in [-0.25, -0.2) is 15.0 Å². The van der Waals surface area contributed by atoms with E-state index in [9.17, 15) is 0 Å². The number of pyridine rings is 1. The third-order valence-corrected chi connectivity index (χ3v) is 14.8. The molecule has 0 aliphatic carbocycles. The molecule has 0 fully saturated rings. The molecule has 0 N–H and O–H groups in total. The first-order valence-electron chi connectivity index (χ1n) is 27.6. The summed E-state index contributed by atoms with van der Waals surface area (Å²) in [6.45, 7) is 16.0. The number of nitrogens with zero attached hydrogens (tertiary/aromatic N) is 4. The van der Waals surface area contributed by atoms with Crippen molar-refractivity contribution >= 4 is 0 Å². The molecule has 0 atom stereocenters. The molecule has 2 heterocycles. The molecule has 370 valence electrons. The Bertz CT molecular complexity index is 2890. The summed E-state index contributed by atoms with van der Waals surface area (Å²) in [5.41, 5.74) is 21.9. The van der Waals surface area contributed by atoms with Crippen LogP contribution in [0.5, 0.6) is 0 Å². The van der Waals surface area contributed by atoms with E-state index in [-0.39, 0.29) is 0 Å². The van der Waals surface area contributed by atoms with Gasteiger partial charge in [0.2, 0.25) is 0 Å². The van der Waals surface area contributed by atoms with E-state index in [2.05, 4.69) is 182 Å². The van der Waals surface area contributed by atoms with E-state index >= 15 is 0 Å². The fourth-order valence-electron chi connectivity index (χ4n) is 10.6. The average molecular weight is 951 g/mol. The Morgan fingerprint density at radius 3 is 1.07 bits per heavy atom. The molecular formula is C68H78N4. The first-order valence-corrected chi connectivity index (χ1v) is 27.6. The van der Waals surface area contributed by atoms with E-state index in [1.807, 2.05) is 6.20 Å². The monoisotopic (exact) mass is 951 g/mol. The second-order valence-corrected chi connectivity index (χ2v) is 20.3. The minimum atomic E-state index is 0.619. The molecular weight excluding hydrogens is 873 g/mol. The van der Waals surface area contributed by atoms with Crippen LogP contribution < -0.4 is 0 Å². The lowest BCUT2D eigenvalue weighted by atomic mass is 9.80. The summed E-state index contributed by atoms with van der Waals surface area (Å²) in [5, 5.41) is 0. The highest BCUT2D eigenvalue weighted by Gasteiger charge is 2.22. The molecule has 0 aliphatic rings. The van der Waals surface area contributed by atoms with Gasteiger partial charge in [0.15, 0.2) is 17.5 Å². The van der Waals surface area contributed by atoms with Crippen molar-refractivity contribution in [1.29, 1.82) is 0 Å². The number of aromatic nitrogens is 4. The standard InChI is InChI=1S/C68H78N4/c1-8-12-16-19-24-53-32-40-57(41-33-53)66-70-67(58-42-34-54(35-43-58)25-20-17-13-9-2)72-68(71-66)61-44-45-62(69-47-61)59-26-21-27-60(46-59)65-49(6)63(55-36-28-51(29-37-55)22-15-11-4)48(5)64(50(65)7)56-38-30-52(31-39-56)23-18-14-10-3/h21,26-47H,8-20,22-25H2,1-7H3. The lowest BCUT2D eigenvalue weighted by molar-refractivity contribution is 0.667. The second kappa shape index (κ2) is 25.7. The van der Waals surface area contributed by atoms with Crippen LogP contribution in [0, 0.1) is 20.8 Å². The zero-order valence-electron chi connectivity index (χ0n) is 44.6. The normalized spacial score (nSPS) is 11.4. The van der Waals surface area contributed by atoms with Crippen LogP contribution in [0.3, 0.4) is 0 Å².